The van der Waals surface area contributed by atoms with Gasteiger partial charge in [0.1, 0.15) is 0 Å². The van der Waals surface area contributed by atoms with E-state index in [9.17, 15) is 14.4 Å². The summed E-state index contributed by atoms with van der Waals surface area (Å²) < 4.78 is 0. The largest absolute Gasteiger partial charge is 0.378 e. The number of rotatable bonds is 4. The van der Waals surface area contributed by atoms with Gasteiger partial charge in [-0.1, -0.05) is 0 Å². The molecule has 0 atom stereocenters. The molecule has 1 aromatic carbocycles. The van der Waals surface area contributed by atoms with Crippen LogP contribution in [0.1, 0.15) is 11.3 Å². The Balaban J connectivity index is 2.10. The summed E-state index contributed by atoms with van der Waals surface area (Å²) in [7, 11) is 3.86. The lowest BCUT2D eigenvalue weighted by atomic mass is 10.1. The molecular formula is C15H18N4O3. The lowest BCUT2D eigenvalue weighted by Gasteiger charge is -2.13. The molecule has 0 radical (unpaired) electrons. The SMILES string of the molecule is Cc1[nH]c(=O)[nH]c(=O)c1CC(=O)Nc1ccc(N(C)C)cc1. The summed E-state index contributed by atoms with van der Waals surface area (Å²) in [6.07, 6.45) is -0.104. The van der Waals surface area contributed by atoms with Crippen molar-refractivity contribution in [1.29, 1.82) is 0 Å². The molecule has 0 unspecified atom stereocenters. The fraction of sp³-hybridized carbons (Fsp3) is 0.267. The Labute approximate surface area is 127 Å². The number of amides is 1. The fourth-order valence-corrected chi connectivity index (χ4v) is 2.05. The van der Waals surface area contributed by atoms with E-state index in [-0.39, 0.29) is 17.9 Å². The molecule has 22 heavy (non-hydrogen) atoms. The van der Waals surface area contributed by atoms with Crippen molar-refractivity contribution in [2.45, 2.75) is 13.3 Å². The Hall–Kier alpha value is -2.83. The van der Waals surface area contributed by atoms with Gasteiger partial charge in [0, 0.05) is 36.7 Å². The number of carbonyl (C=O) groups excluding carboxylic acids is 1. The molecule has 2 rings (SSSR count). The minimum absolute atomic E-state index is 0.104. The van der Waals surface area contributed by atoms with E-state index in [0.717, 1.165) is 5.69 Å². The first-order chi connectivity index (χ1) is 10.4. The highest BCUT2D eigenvalue weighted by molar-refractivity contribution is 5.92. The molecule has 0 aliphatic carbocycles. The van der Waals surface area contributed by atoms with Crippen LogP contribution in [0.25, 0.3) is 0 Å². The quantitative estimate of drug-likeness (QED) is 0.771. The van der Waals surface area contributed by atoms with E-state index in [1.807, 2.05) is 31.1 Å². The van der Waals surface area contributed by atoms with Crippen molar-refractivity contribution in [2.75, 3.05) is 24.3 Å². The first kappa shape index (κ1) is 15.6. The molecule has 0 aliphatic rings. The standard InChI is InChI=1S/C15H18N4O3/c1-9-12(14(21)18-15(22)16-9)8-13(20)17-10-4-6-11(7-5-10)19(2)3/h4-7H,8H2,1-3H3,(H,17,20)(H2,16,18,21,22). The molecular weight excluding hydrogens is 284 g/mol. The van der Waals surface area contributed by atoms with Gasteiger partial charge in [-0.2, -0.15) is 0 Å². The van der Waals surface area contributed by atoms with E-state index in [0.29, 0.717) is 11.4 Å². The average Bonchev–Trinajstić information content (AvgIpc) is 2.43. The molecule has 0 aliphatic heterocycles. The third kappa shape index (κ3) is 3.63. The maximum absolute atomic E-state index is 12.0. The van der Waals surface area contributed by atoms with E-state index in [1.165, 1.54) is 0 Å². The highest BCUT2D eigenvalue weighted by Gasteiger charge is 2.11. The number of nitrogens with zero attached hydrogens (tertiary/aromatic N) is 1. The maximum Gasteiger partial charge on any atom is 0.325 e. The second kappa shape index (κ2) is 6.30. The van der Waals surface area contributed by atoms with Crippen LogP contribution in [-0.4, -0.2) is 30.0 Å². The summed E-state index contributed by atoms with van der Waals surface area (Å²) in [5.74, 6) is -0.321. The van der Waals surface area contributed by atoms with Gasteiger partial charge in [-0.15, -0.1) is 0 Å². The summed E-state index contributed by atoms with van der Waals surface area (Å²) >= 11 is 0. The number of benzene rings is 1. The predicted octanol–water partition coefficient (Wildman–Crippen LogP) is 0.619. The lowest BCUT2D eigenvalue weighted by Crippen LogP contribution is -2.29. The molecule has 1 amide bonds. The molecule has 116 valence electrons. The van der Waals surface area contributed by atoms with Gasteiger partial charge in [0.05, 0.1) is 6.42 Å². The lowest BCUT2D eigenvalue weighted by molar-refractivity contribution is -0.115. The zero-order valence-electron chi connectivity index (χ0n) is 12.7. The number of aromatic nitrogens is 2. The van der Waals surface area contributed by atoms with Gasteiger partial charge in [0.2, 0.25) is 5.91 Å². The summed E-state index contributed by atoms with van der Waals surface area (Å²) in [5.41, 5.74) is 1.19. The number of nitrogens with one attached hydrogen (secondary N) is 3. The fourth-order valence-electron chi connectivity index (χ4n) is 2.05. The van der Waals surface area contributed by atoms with E-state index in [1.54, 1.807) is 19.1 Å². The first-order valence-corrected chi connectivity index (χ1v) is 6.76. The Morgan fingerprint density at radius 3 is 2.32 bits per heavy atom. The van der Waals surface area contributed by atoms with Gasteiger partial charge in [-0.05, 0) is 31.2 Å². The van der Waals surface area contributed by atoms with Gasteiger partial charge >= 0.3 is 5.69 Å². The minimum Gasteiger partial charge on any atom is -0.378 e. The minimum atomic E-state index is -0.578. The predicted molar refractivity (Wildman–Crippen MR) is 85.5 cm³/mol. The van der Waals surface area contributed by atoms with Crippen LogP contribution >= 0.6 is 0 Å². The van der Waals surface area contributed by atoms with Crippen molar-refractivity contribution in [3.05, 3.63) is 56.4 Å². The number of H-pyrrole nitrogens is 2. The molecule has 7 heteroatoms. The highest BCUT2D eigenvalue weighted by Crippen LogP contribution is 2.15. The van der Waals surface area contributed by atoms with Crippen LogP contribution in [0.5, 0.6) is 0 Å². The Morgan fingerprint density at radius 1 is 1.14 bits per heavy atom. The van der Waals surface area contributed by atoms with E-state index in [4.69, 9.17) is 0 Å². The van der Waals surface area contributed by atoms with Gasteiger partial charge in [-0.3, -0.25) is 14.6 Å². The van der Waals surface area contributed by atoms with Gasteiger partial charge < -0.3 is 15.2 Å². The molecule has 0 fully saturated rings. The Kier molecular flexibility index (Phi) is 4.45. The monoisotopic (exact) mass is 302 g/mol. The van der Waals surface area contributed by atoms with Crippen molar-refractivity contribution in [1.82, 2.24) is 9.97 Å². The summed E-state index contributed by atoms with van der Waals surface area (Å²) in [4.78, 5) is 41.4. The van der Waals surface area contributed by atoms with Crippen molar-refractivity contribution < 1.29 is 4.79 Å². The summed E-state index contributed by atoms with van der Waals surface area (Å²) in [6.45, 7) is 1.59. The van der Waals surface area contributed by atoms with Crippen molar-refractivity contribution in [2.24, 2.45) is 0 Å². The molecule has 1 heterocycles. The first-order valence-electron chi connectivity index (χ1n) is 6.76. The van der Waals surface area contributed by atoms with Crippen LogP contribution in [0.4, 0.5) is 11.4 Å². The molecule has 2 aromatic rings. The molecule has 0 spiro atoms. The second-order valence-corrected chi connectivity index (χ2v) is 5.18. The zero-order valence-corrected chi connectivity index (χ0v) is 12.7. The zero-order chi connectivity index (χ0) is 16.3. The number of anilines is 2. The molecule has 3 N–H and O–H groups in total. The molecule has 1 aromatic heterocycles. The smallest absolute Gasteiger partial charge is 0.325 e. The Morgan fingerprint density at radius 2 is 1.77 bits per heavy atom. The van der Waals surface area contributed by atoms with E-state index < -0.39 is 11.2 Å². The van der Waals surface area contributed by atoms with Gasteiger partial charge in [0.15, 0.2) is 0 Å². The second-order valence-electron chi connectivity index (χ2n) is 5.18. The average molecular weight is 302 g/mol. The number of hydrogen-bond acceptors (Lipinski definition) is 4. The Bertz CT molecular complexity index is 788. The number of aryl methyl sites for hydroxylation is 1. The third-order valence-electron chi connectivity index (χ3n) is 3.26. The van der Waals surface area contributed by atoms with E-state index >= 15 is 0 Å². The van der Waals surface area contributed by atoms with Crippen LogP contribution in [0.3, 0.4) is 0 Å². The molecule has 0 saturated carbocycles. The maximum atomic E-state index is 12.0. The topological polar surface area (TPSA) is 98.1 Å². The highest BCUT2D eigenvalue weighted by atomic mass is 16.2. The van der Waals surface area contributed by atoms with Gasteiger partial charge in [-0.25, -0.2) is 4.79 Å². The number of carbonyl (C=O) groups is 1. The normalized spacial score (nSPS) is 10.3. The molecule has 0 bridgehead atoms. The van der Waals surface area contributed by atoms with E-state index in [2.05, 4.69) is 15.3 Å². The summed E-state index contributed by atoms with van der Waals surface area (Å²) in [6, 6.07) is 7.34. The van der Waals surface area contributed by atoms with Crippen molar-refractivity contribution in [3.63, 3.8) is 0 Å². The third-order valence-corrected chi connectivity index (χ3v) is 3.26. The summed E-state index contributed by atoms with van der Waals surface area (Å²) in [5, 5.41) is 2.72. The van der Waals surface area contributed by atoms with Crippen LogP contribution in [0.15, 0.2) is 33.9 Å². The van der Waals surface area contributed by atoms with Crippen LogP contribution < -0.4 is 21.5 Å². The number of hydrogen-bond donors (Lipinski definition) is 3. The molecule has 0 saturated heterocycles. The number of aromatic amines is 2. The van der Waals surface area contributed by atoms with Crippen LogP contribution in [0.2, 0.25) is 0 Å². The van der Waals surface area contributed by atoms with Crippen LogP contribution in [-0.2, 0) is 11.2 Å². The van der Waals surface area contributed by atoms with Crippen LogP contribution in [0, 0.1) is 6.92 Å². The van der Waals surface area contributed by atoms with Gasteiger partial charge in [0.25, 0.3) is 5.56 Å². The van der Waals surface area contributed by atoms with Crippen molar-refractivity contribution in [3.8, 4) is 0 Å². The molecule has 7 nitrogen and oxygen atoms in total. The van der Waals surface area contributed by atoms with Crippen molar-refractivity contribution >= 4 is 17.3 Å².